The highest BCUT2D eigenvalue weighted by atomic mass is 16.7. The Kier molecular flexibility index (Phi) is 124. The van der Waals surface area contributed by atoms with E-state index in [4.69, 9.17) is 23.7 Å². The van der Waals surface area contributed by atoms with Crippen molar-refractivity contribution in [3.63, 3.8) is 0 Å². The van der Waals surface area contributed by atoms with Crippen LogP contribution in [0.3, 0.4) is 0 Å². The van der Waals surface area contributed by atoms with E-state index in [1.807, 2.05) is 257 Å². The molecule has 2 saturated heterocycles. The number of Topliss-reactive ketones (excluding diaryl/α,β-unsaturated/α-hetero) is 6. The third-order valence-electron chi connectivity index (χ3n) is 16.0. The zero-order chi connectivity index (χ0) is 107. The van der Waals surface area contributed by atoms with Gasteiger partial charge in [0.05, 0.1) is 38.9 Å². The largest absolute Gasteiger partial charge is 0.497 e. The van der Waals surface area contributed by atoms with Gasteiger partial charge >= 0.3 is 11.9 Å². The number of allylic oxidation sites excluding steroid dienone is 4. The van der Waals surface area contributed by atoms with Crippen molar-refractivity contribution in [1.29, 1.82) is 0 Å². The van der Waals surface area contributed by atoms with E-state index in [1.54, 1.807) is 76.6 Å². The summed E-state index contributed by atoms with van der Waals surface area (Å²) in [7, 11) is 10.9. The standard InChI is InChI=1S/C10H8O2.2C8H8O2.C8H10O.C8H8O.C7H8O.C7H14.C7H8.C6H13N.C6H12O2.C6H8.C5H9NO.C5H7N.2C3H6O.3C2H6.8C2H4/c1-6-9(11)7-4-2-3-5-8(7)10(6)12;1-6-9-7-4-2-3-5-8(7)10-6;1-10-8(9)7-5-3-2-4-6-7;1-9-7-8-5-3-2-4-6-8;1-7(9)8-5-3-2-4-6-8;1-8-7-5-3-2-4-6-7;3*1-7-5-3-2-4-6-7;1-5(7)8-6(2,3)4;1-6-4-2-3-5-6;1-6-3-2-5(7)4-6;1-6-4-2-3-5-6;2*1-3(2)4;11*1-2/h2-6H,1H3;2*2-6H,1H3;2-6H,7H2,1H3;2-6H,1H3;2-6H,1H3;7H,2-6H2,1H3;2-6H,1H3;2-6H2,1H3;1-4H3;2-6H,1H3;2-4H2,1H3;2-5H,1H3;2*1-2H3;3*1-2H3;8*1-2H2. The zero-order valence-electron chi connectivity index (χ0n) is 89.3. The Morgan fingerprint density at radius 1 is 0.426 bits per heavy atom. The van der Waals surface area contributed by atoms with Crippen LogP contribution < -0.4 is 14.2 Å². The number of likely N-dealkylation sites (N-methyl/N-ethyl adjacent to an activating group) is 1. The predicted molar refractivity (Wildman–Crippen MR) is 589 cm³/mol. The van der Waals surface area contributed by atoms with Crippen LogP contribution in [-0.4, -0.2) is 134 Å². The summed E-state index contributed by atoms with van der Waals surface area (Å²) in [5.41, 5.74) is 4.74. The molecule has 0 radical (unpaired) electrons. The molecule has 7 aromatic carbocycles. The number of hydrogen-bond acceptors (Lipinski definition) is 16. The van der Waals surface area contributed by atoms with Gasteiger partial charge in [-0.25, -0.2) is 4.79 Å². The van der Waals surface area contributed by atoms with E-state index >= 15 is 0 Å². The zero-order valence-corrected chi connectivity index (χ0v) is 89.3. The lowest BCUT2D eigenvalue weighted by molar-refractivity contribution is -0.152. The van der Waals surface area contributed by atoms with Crippen molar-refractivity contribution in [2.24, 2.45) is 24.8 Å². The summed E-state index contributed by atoms with van der Waals surface area (Å²) in [6.45, 7) is 89.7. The molecule has 0 unspecified atom stereocenters. The molecule has 8 aromatic rings. The van der Waals surface area contributed by atoms with Crippen LogP contribution in [0.2, 0.25) is 0 Å². The lowest BCUT2D eigenvalue weighted by Gasteiger charge is -2.20. The van der Waals surface area contributed by atoms with E-state index < -0.39 is 5.92 Å². The van der Waals surface area contributed by atoms with Crippen LogP contribution in [0.4, 0.5) is 0 Å². The van der Waals surface area contributed by atoms with Gasteiger partial charge in [0.25, 0.3) is 0 Å². The summed E-state index contributed by atoms with van der Waals surface area (Å²) in [5, 5.41) is 0. The number of carbonyl (C=O) groups is 8. The fourth-order valence-electron chi connectivity index (χ4n) is 10.2. The number of ether oxygens (including phenoxy) is 6. The number of nitrogens with zero attached hydrogens (tertiary/aromatic N) is 3. The molecule has 0 atom stereocenters. The van der Waals surface area contributed by atoms with E-state index in [9.17, 15) is 38.4 Å². The maximum Gasteiger partial charge on any atom is 0.337 e. The second-order valence-corrected chi connectivity index (χ2v) is 28.7. The van der Waals surface area contributed by atoms with Gasteiger partial charge in [0.15, 0.2) is 28.8 Å². The maximum absolute atomic E-state index is 11.4. The number of methoxy groups -OCH3 is 3. The number of aromatic nitrogens is 1. The van der Waals surface area contributed by atoms with Crippen LogP contribution >= 0.6 is 0 Å². The van der Waals surface area contributed by atoms with Gasteiger partial charge in [0.2, 0.25) is 6.29 Å². The fourth-order valence-corrected chi connectivity index (χ4v) is 10.2. The number of esters is 2. The molecule has 14 rings (SSSR count). The average Bonchev–Trinajstić information content (AvgIpc) is 1.65. The summed E-state index contributed by atoms with van der Waals surface area (Å²) in [5.74, 6) is 4.07. The smallest absolute Gasteiger partial charge is 0.337 e. The molecule has 17 heteroatoms. The molecule has 3 fully saturated rings. The fraction of sp³-hybridized carbons (Fsp3) is 0.378. The Labute approximate surface area is 829 Å². The van der Waals surface area contributed by atoms with E-state index in [-0.39, 0.29) is 52.7 Å². The number of aryl methyl sites for hydroxylation is 2. The monoisotopic (exact) mass is 1880 g/mol. The number of carbonyl (C=O) groups excluding carboxylic acids is 8. The third kappa shape index (κ3) is 100. The first kappa shape index (κ1) is 149. The quantitative estimate of drug-likeness (QED) is 0.0680. The topological polar surface area (TPSA) is 203 Å². The van der Waals surface area contributed by atoms with Gasteiger partial charge in [-0.3, -0.25) is 28.9 Å². The predicted octanol–water partition coefficient (Wildman–Crippen LogP) is 30.8. The first-order valence-electron chi connectivity index (χ1n) is 46.1. The van der Waals surface area contributed by atoms with Crippen LogP contribution in [0.25, 0.3) is 0 Å². The second-order valence-electron chi connectivity index (χ2n) is 28.7. The molecule has 0 amide bonds. The Balaban J connectivity index is -0.000000120. The molecule has 4 heterocycles. The third-order valence-corrected chi connectivity index (χ3v) is 16.0. The minimum absolute atomic E-state index is 0.0457. The van der Waals surface area contributed by atoms with Crippen molar-refractivity contribution in [2.45, 2.75) is 215 Å². The molecule has 0 N–H and O–H groups in total. The minimum Gasteiger partial charge on any atom is -0.497 e. The first-order chi connectivity index (χ1) is 65.2. The highest BCUT2D eigenvalue weighted by Crippen LogP contribution is 2.33. The van der Waals surface area contributed by atoms with Crippen LogP contribution in [0.5, 0.6) is 17.2 Å². The number of rotatable bonds is 5. The number of fused-ring (bicyclic) bond motifs is 2. The van der Waals surface area contributed by atoms with Crippen molar-refractivity contribution in [1.82, 2.24) is 14.4 Å². The molecule has 3 aliphatic heterocycles. The van der Waals surface area contributed by atoms with E-state index in [1.165, 1.54) is 117 Å². The first-order valence-corrected chi connectivity index (χ1v) is 46.1. The van der Waals surface area contributed by atoms with Gasteiger partial charge in [-0.2, -0.15) is 0 Å². The van der Waals surface area contributed by atoms with Crippen molar-refractivity contribution in [3.8, 4) is 17.2 Å². The Morgan fingerprint density at radius 2 is 0.765 bits per heavy atom. The molecule has 6 aliphatic rings. The number of likely N-dealkylation sites (tertiary alicyclic amines) is 2. The highest BCUT2D eigenvalue weighted by molar-refractivity contribution is 6.26. The molecule has 0 spiro atoms. The summed E-state index contributed by atoms with van der Waals surface area (Å²) in [4.78, 5) is 88.2. The second kappa shape index (κ2) is 113. The normalized spacial score (nSPS) is 12.0. The van der Waals surface area contributed by atoms with Gasteiger partial charge < -0.3 is 47.5 Å². The molecule has 1 aromatic heterocycles. The van der Waals surface area contributed by atoms with Gasteiger partial charge in [0.1, 0.15) is 28.7 Å². The number of piperidine rings is 1. The van der Waals surface area contributed by atoms with Crippen LogP contribution in [-0.2, 0) is 47.0 Å². The summed E-state index contributed by atoms with van der Waals surface area (Å²) < 4.78 is 31.7. The average molecular weight is 1880 g/mol. The van der Waals surface area contributed by atoms with Crippen molar-refractivity contribution in [3.05, 3.63) is 388 Å². The van der Waals surface area contributed by atoms with Crippen LogP contribution in [0.15, 0.2) is 354 Å². The van der Waals surface area contributed by atoms with Crippen LogP contribution in [0.1, 0.15) is 242 Å². The van der Waals surface area contributed by atoms with Crippen molar-refractivity contribution >= 4 is 46.6 Å². The van der Waals surface area contributed by atoms with Crippen LogP contribution in [0, 0.1) is 24.7 Å². The molecule has 0 bridgehead atoms. The summed E-state index contributed by atoms with van der Waals surface area (Å²) >= 11 is 0. The van der Waals surface area contributed by atoms with E-state index in [2.05, 4.69) is 179 Å². The van der Waals surface area contributed by atoms with Gasteiger partial charge in [0, 0.05) is 70.1 Å². The number of hydrogen-bond donors (Lipinski definition) is 0. The molecular weight excluding hydrogens is 1700 g/mol. The molecule has 17 nitrogen and oxygen atoms in total. The minimum atomic E-state index is -0.470. The van der Waals surface area contributed by atoms with Gasteiger partial charge in [-0.15, -0.1) is 105 Å². The van der Waals surface area contributed by atoms with E-state index in [0.29, 0.717) is 41.5 Å². The van der Waals surface area contributed by atoms with Gasteiger partial charge in [-0.05, 0) is 175 Å². The highest BCUT2D eigenvalue weighted by Gasteiger charge is 2.34. The molecule has 758 valence electrons. The SMILES string of the molecule is C=C.C=C.C=C.C=C.C=C.C=C.C=C.C=C.CC.CC.CC.CC(=O)OC(C)(C)C.CC(=O)c1ccccc1.CC(C)=O.CC(C)=O.CC1C(=O)c2ccccc2C1=O.CC1C=CC=C1.CC1CCCCC1.CC1Oc2ccccc2O1.CN1CCC(=O)C1.CN1CCCCC1.COC(=O)c1ccccc1.COCc1ccccc1.COc1ccccc1.Cc1ccccc1.Cn1cccc1. The number of ketones is 6. The Bertz CT molecular complexity index is 3930. The number of para-hydroxylation sites is 3. The molecule has 1 saturated carbocycles. The lowest BCUT2D eigenvalue weighted by Crippen LogP contribution is -2.24. The van der Waals surface area contributed by atoms with E-state index in [0.717, 1.165) is 41.7 Å². The summed E-state index contributed by atoms with van der Waals surface area (Å²) in [6, 6.07) is 66.8. The molecule has 3 aliphatic carbocycles. The number of benzene rings is 7. The molecular formula is C119H183N3O14. The Morgan fingerprint density at radius 3 is 0.985 bits per heavy atom. The van der Waals surface area contributed by atoms with Crippen molar-refractivity contribution < 1.29 is 66.8 Å². The van der Waals surface area contributed by atoms with Gasteiger partial charge in [-0.1, -0.05) is 288 Å². The maximum atomic E-state index is 11.4. The summed E-state index contributed by atoms with van der Waals surface area (Å²) in [6.07, 6.45) is 24.8. The Hall–Kier alpha value is -12.5. The lowest BCUT2D eigenvalue weighted by atomic mass is 9.91. The van der Waals surface area contributed by atoms with Crippen molar-refractivity contribution in [2.75, 3.05) is 61.6 Å². The molecule has 136 heavy (non-hydrogen) atoms.